The Kier molecular flexibility index (Phi) is 3.59. The molecular weight excluding hydrogens is 216 g/mol. The summed E-state index contributed by atoms with van der Waals surface area (Å²) in [5.41, 5.74) is 0.792. The molecule has 2 rings (SSSR count). The van der Waals surface area contributed by atoms with Gasteiger partial charge in [-0.25, -0.2) is 9.67 Å². The van der Waals surface area contributed by atoms with E-state index in [0.717, 1.165) is 12.2 Å². The van der Waals surface area contributed by atoms with Crippen molar-refractivity contribution in [2.45, 2.75) is 26.3 Å². The van der Waals surface area contributed by atoms with Crippen LogP contribution in [0.2, 0.25) is 0 Å². The molecule has 5 heteroatoms. The van der Waals surface area contributed by atoms with Crippen LogP contribution in [-0.4, -0.2) is 25.5 Å². The molecule has 5 nitrogen and oxygen atoms in total. The number of ketones is 1. The number of aromatic nitrogens is 4. The van der Waals surface area contributed by atoms with Gasteiger partial charge in [-0.15, -0.1) is 0 Å². The first-order valence-corrected chi connectivity index (χ1v) is 5.58. The quantitative estimate of drug-likeness (QED) is 0.770. The monoisotopic (exact) mass is 230 g/mol. The van der Waals surface area contributed by atoms with E-state index in [0.29, 0.717) is 18.7 Å². The van der Waals surface area contributed by atoms with Crippen LogP contribution in [0, 0.1) is 0 Å². The number of Topliss-reactive ketones (excluding diaryl/α,β-unsaturated/α-hetero) is 1. The summed E-state index contributed by atoms with van der Waals surface area (Å²) >= 11 is 0. The van der Waals surface area contributed by atoms with Crippen molar-refractivity contribution in [1.82, 2.24) is 19.7 Å². The fourth-order valence-corrected chi connectivity index (χ4v) is 1.63. The summed E-state index contributed by atoms with van der Waals surface area (Å²) in [5.74, 6) is 0.819. The normalized spacial score (nSPS) is 10.4. The fraction of sp³-hybridized carbons (Fsp3) is 0.333. The molecular formula is C12H14N4O. The average Bonchev–Trinajstić information content (AvgIpc) is 2.77. The van der Waals surface area contributed by atoms with Crippen molar-refractivity contribution in [2.24, 2.45) is 0 Å². The van der Waals surface area contributed by atoms with Crippen molar-refractivity contribution in [2.75, 3.05) is 0 Å². The minimum absolute atomic E-state index is 0.103. The predicted octanol–water partition coefficient (Wildman–Crippen LogP) is 1.05. The van der Waals surface area contributed by atoms with Gasteiger partial charge in [-0.2, -0.15) is 5.10 Å². The van der Waals surface area contributed by atoms with Crippen molar-refractivity contribution >= 4 is 5.78 Å². The van der Waals surface area contributed by atoms with Crippen LogP contribution >= 0.6 is 0 Å². The van der Waals surface area contributed by atoms with Gasteiger partial charge in [-0.3, -0.25) is 9.78 Å². The molecule has 17 heavy (non-hydrogen) atoms. The first-order chi connectivity index (χ1) is 8.29. The Labute approximate surface area is 99.5 Å². The summed E-state index contributed by atoms with van der Waals surface area (Å²) in [4.78, 5) is 20.0. The van der Waals surface area contributed by atoms with Gasteiger partial charge in [0.2, 0.25) is 0 Å². The SMILES string of the molecule is CCn1ncnc1CC(=O)Cc1ccccn1. The highest BCUT2D eigenvalue weighted by molar-refractivity contribution is 5.82. The zero-order chi connectivity index (χ0) is 12.1. The van der Waals surface area contributed by atoms with Crippen LogP contribution in [-0.2, 0) is 24.2 Å². The van der Waals surface area contributed by atoms with Crippen LogP contribution in [0.15, 0.2) is 30.7 Å². The molecule has 0 amide bonds. The molecule has 0 radical (unpaired) electrons. The van der Waals surface area contributed by atoms with E-state index < -0.39 is 0 Å². The number of carbonyl (C=O) groups excluding carboxylic acids is 1. The standard InChI is InChI=1S/C12H14N4O/c1-2-16-12(14-9-15-16)8-11(17)7-10-5-3-4-6-13-10/h3-6,9H,2,7-8H2,1H3. The van der Waals surface area contributed by atoms with Crippen molar-refractivity contribution in [3.8, 4) is 0 Å². The van der Waals surface area contributed by atoms with Gasteiger partial charge in [0.05, 0.1) is 6.42 Å². The van der Waals surface area contributed by atoms with Gasteiger partial charge in [0.15, 0.2) is 0 Å². The first-order valence-electron chi connectivity index (χ1n) is 5.58. The summed E-state index contributed by atoms with van der Waals surface area (Å²) in [6.45, 7) is 2.70. The van der Waals surface area contributed by atoms with Gasteiger partial charge in [-0.05, 0) is 19.1 Å². The van der Waals surface area contributed by atoms with Crippen LogP contribution in [0.25, 0.3) is 0 Å². The van der Waals surface area contributed by atoms with Crippen molar-refractivity contribution in [3.05, 3.63) is 42.2 Å². The molecule has 0 aliphatic heterocycles. The topological polar surface area (TPSA) is 60.7 Å². The smallest absolute Gasteiger partial charge is 0.146 e. The fourth-order valence-electron chi connectivity index (χ4n) is 1.63. The number of hydrogen-bond donors (Lipinski definition) is 0. The van der Waals surface area contributed by atoms with Crippen molar-refractivity contribution in [1.29, 1.82) is 0 Å². The molecule has 2 aromatic rings. The molecule has 0 spiro atoms. The maximum Gasteiger partial charge on any atom is 0.146 e. The highest BCUT2D eigenvalue weighted by Crippen LogP contribution is 2.01. The molecule has 0 aliphatic rings. The van der Waals surface area contributed by atoms with Crippen molar-refractivity contribution < 1.29 is 4.79 Å². The number of pyridine rings is 1. The number of aryl methyl sites for hydroxylation is 1. The Bertz CT molecular complexity index is 492. The highest BCUT2D eigenvalue weighted by Gasteiger charge is 2.10. The molecule has 0 fully saturated rings. The van der Waals surface area contributed by atoms with Crippen LogP contribution in [0.4, 0.5) is 0 Å². The minimum atomic E-state index is 0.103. The lowest BCUT2D eigenvalue weighted by molar-refractivity contribution is -0.118. The van der Waals surface area contributed by atoms with Gasteiger partial charge in [-0.1, -0.05) is 6.07 Å². The van der Waals surface area contributed by atoms with Gasteiger partial charge in [0.1, 0.15) is 17.9 Å². The minimum Gasteiger partial charge on any atom is -0.299 e. The molecule has 0 bridgehead atoms. The van der Waals surface area contributed by atoms with E-state index in [4.69, 9.17) is 0 Å². The Balaban J connectivity index is 1.98. The Hall–Kier alpha value is -2.04. The first kappa shape index (κ1) is 11.4. The molecule has 88 valence electrons. The maximum absolute atomic E-state index is 11.8. The lowest BCUT2D eigenvalue weighted by Crippen LogP contribution is -2.13. The van der Waals surface area contributed by atoms with Crippen LogP contribution < -0.4 is 0 Å². The summed E-state index contributed by atoms with van der Waals surface area (Å²) in [5, 5.41) is 4.03. The second-order valence-electron chi connectivity index (χ2n) is 3.71. The Morgan fingerprint density at radius 3 is 2.88 bits per heavy atom. The van der Waals surface area contributed by atoms with Crippen LogP contribution in [0.5, 0.6) is 0 Å². The summed E-state index contributed by atoms with van der Waals surface area (Å²) < 4.78 is 1.73. The predicted molar refractivity (Wildman–Crippen MR) is 62.3 cm³/mol. The second kappa shape index (κ2) is 5.34. The number of carbonyl (C=O) groups is 1. The van der Waals surface area contributed by atoms with E-state index in [1.807, 2.05) is 25.1 Å². The summed E-state index contributed by atoms with van der Waals surface area (Å²) in [6, 6.07) is 5.56. The van der Waals surface area contributed by atoms with Crippen LogP contribution in [0.1, 0.15) is 18.4 Å². The Morgan fingerprint density at radius 2 is 2.18 bits per heavy atom. The average molecular weight is 230 g/mol. The Morgan fingerprint density at radius 1 is 1.29 bits per heavy atom. The maximum atomic E-state index is 11.8. The second-order valence-corrected chi connectivity index (χ2v) is 3.71. The number of nitrogens with zero attached hydrogens (tertiary/aromatic N) is 4. The molecule has 2 heterocycles. The highest BCUT2D eigenvalue weighted by atomic mass is 16.1. The van der Waals surface area contributed by atoms with E-state index in [1.54, 1.807) is 10.9 Å². The molecule has 0 unspecified atom stereocenters. The van der Waals surface area contributed by atoms with E-state index in [9.17, 15) is 4.79 Å². The van der Waals surface area contributed by atoms with E-state index >= 15 is 0 Å². The third-order valence-electron chi connectivity index (χ3n) is 2.45. The molecule has 0 aromatic carbocycles. The van der Waals surface area contributed by atoms with Crippen LogP contribution in [0.3, 0.4) is 0 Å². The number of hydrogen-bond acceptors (Lipinski definition) is 4. The van der Waals surface area contributed by atoms with E-state index in [2.05, 4.69) is 15.1 Å². The third kappa shape index (κ3) is 2.96. The molecule has 0 aliphatic carbocycles. The zero-order valence-corrected chi connectivity index (χ0v) is 9.71. The molecule has 0 atom stereocenters. The van der Waals surface area contributed by atoms with Gasteiger partial charge < -0.3 is 0 Å². The number of rotatable bonds is 5. The summed E-state index contributed by atoms with van der Waals surface area (Å²) in [7, 11) is 0. The summed E-state index contributed by atoms with van der Waals surface area (Å²) in [6.07, 6.45) is 3.83. The van der Waals surface area contributed by atoms with E-state index in [-0.39, 0.29) is 5.78 Å². The van der Waals surface area contributed by atoms with Gasteiger partial charge in [0, 0.05) is 24.9 Å². The van der Waals surface area contributed by atoms with E-state index in [1.165, 1.54) is 6.33 Å². The van der Waals surface area contributed by atoms with Crippen molar-refractivity contribution in [3.63, 3.8) is 0 Å². The largest absolute Gasteiger partial charge is 0.299 e. The zero-order valence-electron chi connectivity index (χ0n) is 9.71. The van der Waals surface area contributed by atoms with Gasteiger partial charge in [0.25, 0.3) is 0 Å². The lowest BCUT2D eigenvalue weighted by Gasteiger charge is -2.02. The third-order valence-corrected chi connectivity index (χ3v) is 2.45. The molecule has 0 saturated heterocycles. The molecule has 0 saturated carbocycles. The van der Waals surface area contributed by atoms with Gasteiger partial charge >= 0.3 is 0 Å². The molecule has 2 aromatic heterocycles. The molecule has 0 N–H and O–H groups in total. The lowest BCUT2D eigenvalue weighted by atomic mass is 10.1.